The number of ether oxygens (including phenoxy) is 1. The van der Waals surface area contributed by atoms with Crippen LogP contribution in [0.3, 0.4) is 0 Å². The highest BCUT2D eigenvalue weighted by Crippen LogP contribution is 2.18. The van der Waals surface area contributed by atoms with Gasteiger partial charge in [-0.05, 0) is 49.2 Å². The molecule has 0 spiro atoms. The van der Waals surface area contributed by atoms with Gasteiger partial charge in [-0.1, -0.05) is 17.9 Å². The van der Waals surface area contributed by atoms with E-state index in [1.54, 1.807) is 35.9 Å². The first kappa shape index (κ1) is 17.4. The Kier molecular flexibility index (Phi) is 4.74. The van der Waals surface area contributed by atoms with E-state index in [9.17, 15) is 9.18 Å². The Morgan fingerprint density at radius 2 is 1.96 bits per heavy atom. The van der Waals surface area contributed by atoms with Crippen LogP contribution >= 0.6 is 0 Å². The third-order valence-corrected chi connectivity index (χ3v) is 4.91. The fraction of sp³-hybridized carbons (Fsp3) is 0.273. The van der Waals surface area contributed by atoms with E-state index >= 15 is 0 Å². The lowest BCUT2D eigenvalue weighted by molar-refractivity contribution is 0.0885. The van der Waals surface area contributed by atoms with Gasteiger partial charge in [-0.25, -0.2) is 9.37 Å². The summed E-state index contributed by atoms with van der Waals surface area (Å²) in [5.74, 6) is 6.45. The average Bonchev–Trinajstić information content (AvgIpc) is 2.89. The minimum Gasteiger partial charge on any atom is -0.381 e. The van der Waals surface area contributed by atoms with Gasteiger partial charge in [0, 0.05) is 31.2 Å². The smallest absolute Gasteiger partial charge is 0.261 e. The number of hydrogen-bond donors (Lipinski definition) is 0. The maximum atomic E-state index is 13.3. The second-order valence-electron chi connectivity index (χ2n) is 6.66. The summed E-state index contributed by atoms with van der Waals surface area (Å²) in [4.78, 5) is 17.6. The molecule has 1 unspecified atom stereocenters. The number of fused-ring (bicyclic) bond motifs is 2. The quantitative estimate of drug-likeness (QED) is 0.624. The Labute approximate surface area is 156 Å². The molecule has 1 aliphatic heterocycles. The normalized spacial score (nSPS) is 16.3. The van der Waals surface area contributed by atoms with Gasteiger partial charge in [0.1, 0.15) is 11.6 Å². The van der Waals surface area contributed by atoms with E-state index in [-0.39, 0.29) is 17.5 Å². The van der Waals surface area contributed by atoms with Crippen molar-refractivity contribution < 1.29 is 9.13 Å². The van der Waals surface area contributed by atoms with E-state index in [2.05, 4.69) is 11.8 Å². The van der Waals surface area contributed by atoms with Crippen molar-refractivity contribution in [2.75, 3.05) is 7.11 Å². The number of halogens is 1. The molecule has 27 heavy (non-hydrogen) atoms. The summed E-state index contributed by atoms with van der Waals surface area (Å²) < 4.78 is 20.5. The van der Waals surface area contributed by atoms with Gasteiger partial charge in [0.2, 0.25) is 0 Å². The molecule has 4 nitrogen and oxygen atoms in total. The van der Waals surface area contributed by atoms with Gasteiger partial charge in [0.05, 0.1) is 17.0 Å². The predicted octanol–water partition coefficient (Wildman–Crippen LogP) is 3.29. The Balaban J connectivity index is 1.73. The lowest BCUT2D eigenvalue weighted by atomic mass is 10.1. The molecular weight excluding hydrogens is 343 g/mol. The summed E-state index contributed by atoms with van der Waals surface area (Å²) in [6.45, 7) is 0.622. The topological polar surface area (TPSA) is 44.1 Å². The van der Waals surface area contributed by atoms with E-state index in [1.807, 2.05) is 6.07 Å². The molecule has 4 rings (SSSR count). The van der Waals surface area contributed by atoms with Crippen LogP contribution in [0, 0.1) is 17.7 Å². The van der Waals surface area contributed by atoms with E-state index in [4.69, 9.17) is 9.72 Å². The molecular formula is C22H19FN2O2. The minimum absolute atomic E-state index is 0.0172. The van der Waals surface area contributed by atoms with E-state index in [0.29, 0.717) is 29.4 Å². The van der Waals surface area contributed by atoms with Crippen molar-refractivity contribution >= 4 is 10.9 Å². The number of nitrogens with zero attached hydrogens (tertiary/aromatic N) is 2. The van der Waals surface area contributed by atoms with Gasteiger partial charge in [-0.2, -0.15) is 0 Å². The second kappa shape index (κ2) is 7.34. The van der Waals surface area contributed by atoms with Crippen LogP contribution < -0.4 is 5.56 Å². The van der Waals surface area contributed by atoms with Crippen LogP contribution in [0.2, 0.25) is 0 Å². The standard InChI is InChI=1S/C22H19FN2O2/c1-27-18-8-10-21-24-20-14-16(6-5-15-3-2-4-17(23)13-15)7-9-19(20)22(26)25(21)12-11-18/h2-4,7,9,13-14,18H,8,10-12H2,1H3. The van der Waals surface area contributed by atoms with Crippen LogP contribution in [-0.2, 0) is 17.7 Å². The molecule has 2 heterocycles. The summed E-state index contributed by atoms with van der Waals surface area (Å²) in [5, 5.41) is 0.589. The molecule has 0 saturated carbocycles. The van der Waals surface area contributed by atoms with Crippen molar-refractivity contribution in [1.82, 2.24) is 9.55 Å². The Morgan fingerprint density at radius 3 is 2.74 bits per heavy atom. The number of rotatable bonds is 1. The maximum absolute atomic E-state index is 13.3. The number of benzene rings is 2. The largest absolute Gasteiger partial charge is 0.381 e. The Hall–Kier alpha value is -2.97. The first-order valence-corrected chi connectivity index (χ1v) is 8.98. The van der Waals surface area contributed by atoms with Crippen molar-refractivity contribution in [3.63, 3.8) is 0 Å². The van der Waals surface area contributed by atoms with Gasteiger partial charge >= 0.3 is 0 Å². The molecule has 0 aliphatic carbocycles. The van der Waals surface area contributed by atoms with Crippen molar-refractivity contribution in [2.24, 2.45) is 0 Å². The highest BCUT2D eigenvalue weighted by atomic mass is 19.1. The highest BCUT2D eigenvalue weighted by Gasteiger charge is 2.19. The Morgan fingerprint density at radius 1 is 1.15 bits per heavy atom. The minimum atomic E-state index is -0.313. The zero-order valence-electron chi connectivity index (χ0n) is 15.0. The molecule has 0 saturated heterocycles. The SMILES string of the molecule is COC1CCc2nc3cc(C#Cc4cccc(F)c4)ccc3c(=O)n2CC1. The van der Waals surface area contributed by atoms with Crippen molar-refractivity contribution in [2.45, 2.75) is 31.9 Å². The third kappa shape index (κ3) is 3.62. The van der Waals surface area contributed by atoms with Crippen molar-refractivity contribution in [1.29, 1.82) is 0 Å². The molecule has 3 aromatic rings. The van der Waals surface area contributed by atoms with E-state index in [0.717, 1.165) is 24.2 Å². The van der Waals surface area contributed by atoms with Gasteiger partial charge < -0.3 is 4.74 Å². The number of aryl methyl sites for hydroxylation is 1. The average molecular weight is 362 g/mol. The zero-order chi connectivity index (χ0) is 18.8. The predicted molar refractivity (Wildman–Crippen MR) is 102 cm³/mol. The van der Waals surface area contributed by atoms with Crippen molar-refractivity contribution in [3.8, 4) is 11.8 Å². The van der Waals surface area contributed by atoms with Crippen molar-refractivity contribution in [3.05, 3.63) is 75.6 Å². The maximum Gasteiger partial charge on any atom is 0.261 e. The highest BCUT2D eigenvalue weighted by molar-refractivity contribution is 5.79. The molecule has 136 valence electrons. The lowest BCUT2D eigenvalue weighted by Crippen LogP contribution is -2.24. The summed E-state index contributed by atoms with van der Waals surface area (Å²) in [7, 11) is 1.71. The van der Waals surface area contributed by atoms with E-state index < -0.39 is 0 Å². The molecule has 0 bridgehead atoms. The molecule has 2 aromatic carbocycles. The first-order chi connectivity index (χ1) is 13.1. The Bertz CT molecular complexity index is 1120. The van der Waals surface area contributed by atoms with Crippen LogP contribution in [0.25, 0.3) is 10.9 Å². The third-order valence-electron chi connectivity index (χ3n) is 4.91. The molecule has 0 N–H and O–H groups in total. The molecule has 1 atom stereocenters. The number of hydrogen-bond acceptors (Lipinski definition) is 3. The summed E-state index contributed by atoms with van der Waals surface area (Å²) >= 11 is 0. The fourth-order valence-corrected chi connectivity index (χ4v) is 3.42. The molecule has 0 amide bonds. The molecule has 0 fully saturated rings. The summed E-state index contributed by atoms with van der Waals surface area (Å²) in [6.07, 6.45) is 2.53. The molecule has 1 aliphatic rings. The van der Waals surface area contributed by atoms with Gasteiger partial charge in [0.15, 0.2) is 0 Å². The summed E-state index contributed by atoms with van der Waals surface area (Å²) in [5.41, 5.74) is 1.98. The van der Waals surface area contributed by atoms with Crippen LogP contribution in [0.4, 0.5) is 4.39 Å². The summed E-state index contributed by atoms with van der Waals surface area (Å²) in [6, 6.07) is 11.6. The van der Waals surface area contributed by atoms with Crippen LogP contribution in [-0.4, -0.2) is 22.8 Å². The lowest BCUT2D eigenvalue weighted by Gasteiger charge is -2.10. The van der Waals surface area contributed by atoms with E-state index in [1.165, 1.54) is 12.1 Å². The molecule has 1 aromatic heterocycles. The zero-order valence-corrected chi connectivity index (χ0v) is 15.0. The molecule has 0 radical (unpaired) electrons. The van der Waals surface area contributed by atoms with Gasteiger partial charge in [0.25, 0.3) is 5.56 Å². The number of methoxy groups -OCH3 is 1. The number of aromatic nitrogens is 2. The second-order valence-corrected chi connectivity index (χ2v) is 6.66. The first-order valence-electron chi connectivity index (χ1n) is 8.98. The van der Waals surface area contributed by atoms with Gasteiger partial charge in [-0.15, -0.1) is 0 Å². The monoisotopic (exact) mass is 362 g/mol. The van der Waals surface area contributed by atoms with Gasteiger partial charge in [-0.3, -0.25) is 9.36 Å². The molecule has 5 heteroatoms. The fourth-order valence-electron chi connectivity index (χ4n) is 3.42. The van der Waals surface area contributed by atoms with Crippen LogP contribution in [0.5, 0.6) is 0 Å². The van der Waals surface area contributed by atoms with Crippen LogP contribution in [0.15, 0.2) is 47.3 Å². The van der Waals surface area contributed by atoms with Crippen LogP contribution in [0.1, 0.15) is 29.8 Å².